The van der Waals surface area contributed by atoms with Crippen molar-refractivity contribution in [2.75, 3.05) is 27.8 Å². The van der Waals surface area contributed by atoms with Gasteiger partial charge in [-0.2, -0.15) is 0 Å². The van der Waals surface area contributed by atoms with E-state index in [2.05, 4.69) is 24.1 Å². The fourth-order valence-corrected chi connectivity index (χ4v) is 7.55. The van der Waals surface area contributed by atoms with Crippen LogP contribution in [0.4, 0.5) is 0 Å². The van der Waals surface area contributed by atoms with E-state index in [0.29, 0.717) is 17.9 Å². The van der Waals surface area contributed by atoms with Crippen molar-refractivity contribution in [2.24, 2.45) is 17.8 Å². The molecule has 8 atom stereocenters. The van der Waals surface area contributed by atoms with Crippen molar-refractivity contribution in [1.82, 2.24) is 4.90 Å². The zero-order chi connectivity index (χ0) is 37.9. The highest BCUT2D eigenvalue weighted by molar-refractivity contribution is 5.78. The van der Waals surface area contributed by atoms with Gasteiger partial charge in [0.15, 0.2) is 35.9 Å². The third-order valence-electron chi connectivity index (χ3n) is 9.89. The van der Waals surface area contributed by atoms with E-state index in [1.807, 2.05) is 53.7 Å². The maximum Gasteiger partial charge on any atom is 0.339 e. The summed E-state index contributed by atoms with van der Waals surface area (Å²) in [5.41, 5.74) is 1.85. The number of rotatable bonds is 13. The molecule has 3 heterocycles. The van der Waals surface area contributed by atoms with Crippen LogP contribution in [0.3, 0.4) is 0 Å². The van der Waals surface area contributed by atoms with Crippen LogP contribution >= 0.6 is 0 Å². The molecule has 3 aliphatic heterocycles. The summed E-state index contributed by atoms with van der Waals surface area (Å²) in [5, 5.41) is 0. The first-order chi connectivity index (χ1) is 24.6. The van der Waals surface area contributed by atoms with E-state index >= 15 is 0 Å². The summed E-state index contributed by atoms with van der Waals surface area (Å²) in [6.07, 6.45) is -2.92. The van der Waals surface area contributed by atoms with Crippen molar-refractivity contribution in [3.8, 4) is 11.5 Å². The van der Waals surface area contributed by atoms with E-state index in [4.69, 9.17) is 37.9 Å². The van der Waals surface area contributed by atoms with Crippen LogP contribution in [0.25, 0.3) is 0 Å². The van der Waals surface area contributed by atoms with Gasteiger partial charge in [-0.15, -0.1) is 0 Å². The van der Waals surface area contributed by atoms with Gasteiger partial charge in [0.1, 0.15) is 6.10 Å². The minimum absolute atomic E-state index is 0.0233. The van der Waals surface area contributed by atoms with Crippen molar-refractivity contribution < 1.29 is 57.1 Å². The van der Waals surface area contributed by atoms with E-state index in [1.54, 1.807) is 7.11 Å². The Morgan fingerprint density at radius 3 is 2.04 bits per heavy atom. The number of ether oxygens (including phenoxy) is 8. The van der Waals surface area contributed by atoms with E-state index in [9.17, 15) is 19.2 Å². The molecule has 1 aromatic rings. The molecule has 288 valence electrons. The lowest BCUT2D eigenvalue weighted by Gasteiger charge is -2.45. The highest BCUT2D eigenvalue weighted by atomic mass is 16.7. The maximum atomic E-state index is 13.3. The van der Waals surface area contributed by atoms with Crippen LogP contribution in [-0.2, 0) is 59.6 Å². The number of esters is 4. The standard InChI is InChI=1S/C39H55NO12/c1-21(2)16-28(41)49-33-34(50-29(42)17-22(3)4)36(51-30(43)18-23(5)6)38(52-35(33)37(44)46-9)47-25-12-13-39-14-15-40(7)20-24-10-11-26(45-8)32(31(24)39)48-27(39)19-25/h10-13,21-23,25,27,33-36,38H,14-20H2,1-9H3/t25-,27-,33-,34-,35-,36+,38+,39-/m0/s1. The van der Waals surface area contributed by atoms with Gasteiger partial charge in [-0.1, -0.05) is 59.8 Å². The summed E-state index contributed by atoms with van der Waals surface area (Å²) in [6, 6.07) is 4.02. The average Bonchev–Trinajstić information content (AvgIpc) is 3.32. The molecular weight excluding hydrogens is 674 g/mol. The molecule has 52 heavy (non-hydrogen) atoms. The molecule has 0 radical (unpaired) electrons. The van der Waals surface area contributed by atoms with Crippen LogP contribution in [0.5, 0.6) is 11.5 Å². The molecule has 1 fully saturated rings. The van der Waals surface area contributed by atoms with E-state index in [0.717, 1.165) is 25.1 Å². The van der Waals surface area contributed by atoms with Gasteiger partial charge >= 0.3 is 23.9 Å². The molecular formula is C39H55NO12. The molecule has 1 aromatic carbocycles. The highest BCUT2D eigenvalue weighted by Gasteiger charge is 2.58. The normalized spacial score (nSPS) is 29.5. The Hall–Kier alpha value is -3.68. The van der Waals surface area contributed by atoms with Gasteiger partial charge in [-0.3, -0.25) is 14.4 Å². The first-order valence-electron chi connectivity index (χ1n) is 18.4. The smallest absolute Gasteiger partial charge is 0.339 e. The summed E-state index contributed by atoms with van der Waals surface area (Å²) < 4.78 is 48.1. The molecule has 1 spiro atoms. The molecule has 1 saturated heterocycles. The number of hydrogen-bond acceptors (Lipinski definition) is 13. The van der Waals surface area contributed by atoms with Crippen molar-refractivity contribution in [1.29, 1.82) is 0 Å². The summed E-state index contributed by atoms with van der Waals surface area (Å²) in [6.45, 7) is 12.7. The minimum Gasteiger partial charge on any atom is -0.493 e. The molecule has 0 aromatic heterocycles. The second-order valence-corrected chi connectivity index (χ2v) is 15.6. The summed E-state index contributed by atoms with van der Waals surface area (Å²) in [4.78, 5) is 55.3. The monoisotopic (exact) mass is 729 g/mol. The van der Waals surface area contributed by atoms with Gasteiger partial charge in [-0.05, 0) is 49.4 Å². The Morgan fingerprint density at radius 1 is 0.865 bits per heavy atom. The molecule has 13 nitrogen and oxygen atoms in total. The molecule has 1 aliphatic carbocycles. The fourth-order valence-electron chi connectivity index (χ4n) is 7.55. The van der Waals surface area contributed by atoms with E-state index < -0.39 is 66.1 Å². The largest absolute Gasteiger partial charge is 0.493 e. The molecule has 13 heteroatoms. The van der Waals surface area contributed by atoms with Gasteiger partial charge in [0, 0.05) is 37.8 Å². The van der Waals surface area contributed by atoms with Gasteiger partial charge in [0.25, 0.3) is 0 Å². The lowest BCUT2D eigenvalue weighted by molar-refractivity contribution is -0.309. The first-order valence-corrected chi connectivity index (χ1v) is 18.4. The molecule has 0 saturated carbocycles. The quantitative estimate of drug-likeness (QED) is 0.158. The van der Waals surface area contributed by atoms with Crippen LogP contribution in [0.1, 0.15) is 84.8 Å². The minimum atomic E-state index is -1.56. The summed E-state index contributed by atoms with van der Waals surface area (Å²) >= 11 is 0. The van der Waals surface area contributed by atoms with Crippen molar-refractivity contribution in [3.63, 3.8) is 0 Å². The molecule has 0 bridgehead atoms. The molecule has 0 amide bonds. The fraction of sp³-hybridized carbons (Fsp3) is 0.692. The van der Waals surface area contributed by atoms with Gasteiger partial charge in [0.05, 0.1) is 25.7 Å². The molecule has 5 rings (SSSR count). The van der Waals surface area contributed by atoms with Gasteiger partial charge in [0.2, 0.25) is 6.29 Å². The van der Waals surface area contributed by atoms with Crippen LogP contribution in [0.2, 0.25) is 0 Å². The zero-order valence-electron chi connectivity index (χ0n) is 31.9. The second-order valence-electron chi connectivity index (χ2n) is 15.6. The Balaban J connectivity index is 1.51. The molecule has 0 unspecified atom stereocenters. The van der Waals surface area contributed by atoms with Crippen molar-refractivity contribution in [3.05, 3.63) is 35.4 Å². The lowest BCUT2D eigenvalue weighted by Crippen LogP contribution is -2.64. The Kier molecular flexibility index (Phi) is 12.6. The first kappa shape index (κ1) is 39.5. The third-order valence-corrected chi connectivity index (χ3v) is 9.89. The Bertz CT molecular complexity index is 1510. The van der Waals surface area contributed by atoms with Crippen LogP contribution in [0.15, 0.2) is 24.3 Å². The number of carbonyl (C=O) groups excluding carboxylic acids is 4. The SMILES string of the molecule is COC(=O)[C@H]1O[C@@H](O[C@H]2C=C[C@@]34CCN(C)Cc5ccc(OC)c(c53)O[C@H]4C2)[C@H](OC(=O)CC(C)C)[C@@H](OC(=O)CC(C)C)[C@@H]1OC(=O)CC(C)C. The van der Waals surface area contributed by atoms with Gasteiger partial charge < -0.3 is 42.8 Å². The summed E-state index contributed by atoms with van der Waals surface area (Å²) in [5.74, 6) is -1.56. The Labute approximate surface area is 306 Å². The van der Waals surface area contributed by atoms with Crippen LogP contribution in [0, 0.1) is 17.8 Å². The van der Waals surface area contributed by atoms with E-state index in [1.165, 1.54) is 12.7 Å². The molecule has 0 N–H and O–H groups in total. The number of hydrogen-bond donors (Lipinski definition) is 0. The number of methoxy groups -OCH3 is 2. The second kappa shape index (κ2) is 16.6. The van der Waals surface area contributed by atoms with Crippen LogP contribution < -0.4 is 9.47 Å². The topological polar surface area (TPSA) is 145 Å². The zero-order valence-corrected chi connectivity index (χ0v) is 31.9. The third kappa shape index (κ3) is 8.58. The number of benzene rings is 1. The Morgan fingerprint density at radius 2 is 1.46 bits per heavy atom. The lowest BCUT2D eigenvalue weighted by atomic mass is 9.69. The van der Waals surface area contributed by atoms with E-state index in [-0.39, 0.29) is 43.1 Å². The average molecular weight is 730 g/mol. The highest BCUT2D eigenvalue weighted by Crippen LogP contribution is 2.56. The molecule has 4 aliphatic rings. The summed E-state index contributed by atoms with van der Waals surface area (Å²) in [7, 11) is 4.89. The predicted octanol–water partition coefficient (Wildman–Crippen LogP) is 4.65. The predicted molar refractivity (Wildman–Crippen MR) is 187 cm³/mol. The van der Waals surface area contributed by atoms with Crippen molar-refractivity contribution in [2.45, 2.75) is 129 Å². The maximum absolute atomic E-state index is 13.3. The number of nitrogens with zero attached hydrogens (tertiary/aromatic N) is 1. The van der Waals surface area contributed by atoms with Gasteiger partial charge in [-0.25, -0.2) is 4.79 Å². The van der Waals surface area contributed by atoms with Crippen molar-refractivity contribution >= 4 is 23.9 Å². The number of carbonyl (C=O) groups is 4. The van der Waals surface area contributed by atoms with Crippen LogP contribution in [-0.4, -0.2) is 99.5 Å².